The van der Waals surface area contributed by atoms with E-state index in [2.05, 4.69) is 0 Å². The number of ether oxygens (including phenoxy) is 2. The average Bonchev–Trinajstić information content (AvgIpc) is 2.52. The molecule has 1 aliphatic heterocycles. The first-order valence-corrected chi connectivity index (χ1v) is 6.98. The molecule has 1 aliphatic rings. The number of fused-ring (bicyclic) bond motifs is 1. The van der Waals surface area contributed by atoms with Gasteiger partial charge in [0.2, 0.25) is 0 Å². The fourth-order valence-electron chi connectivity index (χ4n) is 2.31. The van der Waals surface area contributed by atoms with Crippen molar-refractivity contribution in [3.63, 3.8) is 0 Å². The lowest BCUT2D eigenvalue weighted by Crippen LogP contribution is -2.18. The van der Waals surface area contributed by atoms with Gasteiger partial charge in [-0.2, -0.15) is 0 Å². The summed E-state index contributed by atoms with van der Waals surface area (Å²) < 4.78 is 11.0. The monoisotopic (exact) mass is 280 g/mol. The van der Waals surface area contributed by atoms with Crippen LogP contribution in [0.5, 0.6) is 11.5 Å². The highest BCUT2D eigenvalue weighted by atomic mass is 16.5. The lowest BCUT2D eigenvalue weighted by Gasteiger charge is -2.18. The largest absolute Gasteiger partial charge is 0.494 e. The van der Waals surface area contributed by atoms with Crippen LogP contribution in [0.1, 0.15) is 22.8 Å². The van der Waals surface area contributed by atoms with E-state index in [0.717, 1.165) is 11.3 Å². The van der Waals surface area contributed by atoms with Crippen molar-refractivity contribution in [3.8, 4) is 11.5 Å². The maximum atomic E-state index is 12.4. The van der Waals surface area contributed by atoms with Gasteiger partial charge in [0.25, 0.3) is 0 Å². The third-order valence-corrected chi connectivity index (χ3v) is 3.34. The Bertz CT molecular complexity index is 684. The topological polar surface area (TPSA) is 35.5 Å². The van der Waals surface area contributed by atoms with E-state index < -0.39 is 0 Å². The van der Waals surface area contributed by atoms with Gasteiger partial charge in [-0.25, -0.2) is 0 Å². The Morgan fingerprint density at radius 2 is 1.90 bits per heavy atom. The highest BCUT2D eigenvalue weighted by Gasteiger charge is 2.22. The second kappa shape index (κ2) is 5.83. The van der Waals surface area contributed by atoms with Crippen LogP contribution in [0.2, 0.25) is 0 Å². The number of benzene rings is 2. The summed E-state index contributed by atoms with van der Waals surface area (Å²) in [5.41, 5.74) is 2.25. The van der Waals surface area contributed by atoms with Gasteiger partial charge in [-0.1, -0.05) is 24.3 Å². The number of ketones is 1. The Hall–Kier alpha value is -2.55. The zero-order valence-electron chi connectivity index (χ0n) is 11.8. The van der Waals surface area contributed by atoms with Crippen molar-refractivity contribution in [2.45, 2.75) is 6.92 Å². The lowest BCUT2D eigenvalue weighted by molar-refractivity contribution is 0.100. The minimum atomic E-state index is 0.0331. The number of hydrogen-bond acceptors (Lipinski definition) is 3. The predicted octanol–water partition coefficient (Wildman–Crippen LogP) is 3.74. The molecule has 1 heterocycles. The number of hydrogen-bond donors (Lipinski definition) is 0. The van der Waals surface area contributed by atoms with Gasteiger partial charge in [0.05, 0.1) is 12.2 Å². The SMILES string of the molecule is CCOc1ccc(C=C2COc3ccccc3C2=O)cc1. The van der Waals surface area contributed by atoms with Crippen LogP contribution in [0.15, 0.2) is 54.1 Å². The second-order valence-corrected chi connectivity index (χ2v) is 4.79. The summed E-state index contributed by atoms with van der Waals surface area (Å²) >= 11 is 0. The molecular formula is C18H16O3. The van der Waals surface area contributed by atoms with Crippen LogP contribution in [0.3, 0.4) is 0 Å². The van der Waals surface area contributed by atoms with Crippen LogP contribution >= 0.6 is 0 Å². The van der Waals surface area contributed by atoms with Gasteiger partial charge >= 0.3 is 0 Å². The molecule has 0 amide bonds. The number of carbonyl (C=O) groups is 1. The third-order valence-electron chi connectivity index (χ3n) is 3.34. The van der Waals surface area contributed by atoms with E-state index in [0.29, 0.717) is 30.1 Å². The lowest BCUT2D eigenvalue weighted by atomic mass is 9.98. The first-order chi connectivity index (χ1) is 10.3. The molecule has 0 fully saturated rings. The van der Waals surface area contributed by atoms with Crippen LogP contribution in [0.25, 0.3) is 6.08 Å². The summed E-state index contributed by atoms with van der Waals surface area (Å²) in [5.74, 6) is 1.52. The number of Topliss-reactive ketones (excluding diaryl/α,β-unsaturated/α-hetero) is 1. The molecule has 0 N–H and O–H groups in total. The van der Waals surface area contributed by atoms with Gasteiger partial charge < -0.3 is 9.47 Å². The van der Waals surface area contributed by atoms with Gasteiger partial charge in [0, 0.05) is 5.57 Å². The zero-order chi connectivity index (χ0) is 14.7. The highest BCUT2D eigenvalue weighted by molar-refractivity contribution is 6.14. The smallest absolute Gasteiger partial charge is 0.196 e. The number of carbonyl (C=O) groups excluding carboxylic acids is 1. The van der Waals surface area contributed by atoms with Gasteiger partial charge in [0.1, 0.15) is 18.1 Å². The van der Waals surface area contributed by atoms with E-state index in [9.17, 15) is 4.79 Å². The van der Waals surface area contributed by atoms with E-state index in [1.54, 1.807) is 6.07 Å². The highest BCUT2D eigenvalue weighted by Crippen LogP contribution is 2.27. The fourth-order valence-corrected chi connectivity index (χ4v) is 2.31. The van der Waals surface area contributed by atoms with Crippen molar-refractivity contribution < 1.29 is 14.3 Å². The van der Waals surface area contributed by atoms with Gasteiger partial charge in [-0.15, -0.1) is 0 Å². The Morgan fingerprint density at radius 3 is 2.67 bits per heavy atom. The summed E-state index contributed by atoms with van der Waals surface area (Å²) in [6.07, 6.45) is 1.87. The Kier molecular flexibility index (Phi) is 3.73. The molecule has 0 saturated heterocycles. The minimum absolute atomic E-state index is 0.0331. The number of para-hydroxylation sites is 1. The summed E-state index contributed by atoms with van der Waals surface area (Å²) in [6, 6.07) is 15.0. The molecule has 0 aliphatic carbocycles. The van der Waals surface area contributed by atoms with Crippen molar-refractivity contribution in [2.24, 2.45) is 0 Å². The zero-order valence-corrected chi connectivity index (χ0v) is 11.8. The van der Waals surface area contributed by atoms with E-state index >= 15 is 0 Å². The average molecular weight is 280 g/mol. The Morgan fingerprint density at radius 1 is 1.14 bits per heavy atom. The van der Waals surface area contributed by atoms with Crippen LogP contribution < -0.4 is 9.47 Å². The molecule has 3 rings (SSSR count). The molecule has 2 aromatic rings. The van der Waals surface area contributed by atoms with E-state index in [1.165, 1.54) is 0 Å². The molecule has 0 radical (unpaired) electrons. The van der Waals surface area contributed by atoms with Gasteiger partial charge in [-0.3, -0.25) is 4.79 Å². The summed E-state index contributed by atoms with van der Waals surface area (Å²) in [6.45, 7) is 2.90. The summed E-state index contributed by atoms with van der Waals surface area (Å²) in [5, 5.41) is 0. The van der Waals surface area contributed by atoms with E-state index in [-0.39, 0.29) is 5.78 Å². The molecule has 0 bridgehead atoms. The molecule has 106 valence electrons. The predicted molar refractivity (Wildman–Crippen MR) is 81.9 cm³/mol. The van der Waals surface area contributed by atoms with Gasteiger partial charge in [-0.05, 0) is 42.8 Å². The Balaban J connectivity index is 1.86. The first kappa shape index (κ1) is 13.4. The molecule has 0 unspecified atom stereocenters. The standard InChI is InChI=1S/C18H16O3/c1-2-20-15-9-7-13(8-10-15)11-14-12-21-17-6-4-3-5-16(17)18(14)19/h3-11H,2,12H2,1H3. The van der Waals surface area contributed by atoms with Gasteiger partial charge in [0.15, 0.2) is 5.78 Å². The minimum Gasteiger partial charge on any atom is -0.494 e. The molecule has 3 nitrogen and oxygen atoms in total. The first-order valence-electron chi connectivity index (χ1n) is 6.98. The Labute approximate surface area is 123 Å². The van der Waals surface area contributed by atoms with Crippen LogP contribution in [0.4, 0.5) is 0 Å². The maximum absolute atomic E-state index is 12.4. The molecule has 0 atom stereocenters. The van der Waals surface area contributed by atoms with Crippen molar-refractivity contribution in [1.29, 1.82) is 0 Å². The normalized spacial score (nSPS) is 15.5. The number of rotatable bonds is 3. The van der Waals surface area contributed by atoms with Crippen molar-refractivity contribution in [2.75, 3.05) is 13.2 Å². The summed E-state index contributed by atoms with van der Waals surface area (Å²) in [4.78, 5) is 12.4. The molecule has 2 aromatic carbocycles. The van der Waals surface area contributed by atoms with Crippen molar-refractivity contribution >= 4 is 11.9 Å². The second-order valence-electron chi connectivity index (χ2n) is 4.79. The molecule has 3 heteroatoms. The van der Waals surface area contributed by atoms with E-state index in [4.69, 9.17) is 9.47 Å². The van der Waals surface area contributed by atoms with E-state index in [1.807, 2.05) is 55.5 Å². The summed E-state index contributed by atoms with van der Waals surface area (Å²) in [7, 11) is 0. The van der Waals surface area contributed by atoms with Crippen LogP contribution in [-0.4, -0.2) is 19.0 Å². The molecular weight excluding hydrogens is 264 g/mol. The van der Waals surface area contributed by atoms with Crippen LogP contribution in [0, 0.1) is 0 Å². The quantitative estimate of drug-likeness (QED) is 0.803. The fraction of sp³-hybridized carbons (Fsp3) is 0.167. The third kappa shape index (κ3) is 2.82. The molecule has 21 heavy (non-hydrogen) atoms. The van der Waals surface area contributed by atoms with Crippen molar-refractivity contribution in [1.82, 2.24) is 0 Å². The van der Waals surface area contributed by atoms with Crippen LogP contribution in [-0.2, 0) is 0 Å². The van der Waals surface area contributed by atoms with Crippen molar-refractivity contribution in [3.05, 3.63) is 65.2 Å². The molecule has 0 spiro atoms. The molecule has 0 saturated carbocycles. The molecule has 0 aromatic heterocycles. The maximum Gasteiger partial charge on any atom is 0.196 e.